The van der Waals surface area contributed by atoms with Crippen molar-refractivity contribution in [1.82, 2.24) is 66.2 Å². The smallest absolute Gasteiger partial charge is 0.317 e. The number of carboxylic acid groups (broad SMARTS) is 3. The molecule has 9 N–H and O–H groups in total. The van der Waals surface area contributed by atoms with Gasteiger partial charge < -0.3 is 47.2 Å². The zero-order valence-corrected chi connectivity index (χ0v) is 39.9. The third kappa shape index (κ3) is 37.5. The summed E-state index contributed by atoms with van der Waals surface area (Å²) in [6, 6.07) is 0. The van der Waals surface area contributed by atoms with E-state index in [1.807, 2.05) is 26.5 Å². The van der Waals surface area contributed by atoms with E-state index in [2.05, 4.69) is 31.9 Å². The molecule has 0 aromatic carbocycles. The third-order valence-corrected chi connectivity index (χ3v) is 9.76. The maximum atomic E-state index is 12.4. The van der Waals surface area contributed by atoms with Gasteiger partial charge in [-0.2, -0.15) is 0 Å². The highest BCUT2D eigenvalue weighted by Gasteiger charge is 2.23. The lowest BCUT2D eigenvalue weighted by atomic mass is 10.3. The second kappa shape index (κ2) is 41.9. The lowest BCUT2D eigenvalue weighted by Gasteiger charge is -2.33. The number of rotatable bonds is 30. The predicted octanol–water partition coefficient (Wildman–Crippen LogP) is -3.56. The quantitative estimate of drug-likeness (QED) is 0.0337. The second-order valence-electron chi connectivity index (χ2n) is 15.4. The topological polar surface area (TPSA) is 309 Å². The highest BCUT2D eigenvalue weighted by Crippen LogP contribution is 2.02. The van der Waals surface area contributed by atoms with Crippen molar-refractivity contribution < 1.29 is 62.6 Å². The standard InChI is InChI=1S/C24H48N8O4.C18H33N5O8.2CH4/c1-5-25-21(33)17-29-9-11-30(18-22(34)26-6-2)13-15-32(20-24(36)28-8-4)16-14-31(12-10-29)19-23(35)27-7-3;1-3-19-14(24)9-22(12-17(28)29)7-5-21(11-16(26)27)6-8-23(13-18(30)31)10-15(25)20-4-2;;/h5-20H2,1-4H3,(H,25,33)(H,26,34)(H,27,35)(H,28,36);3-13H2,1-2H3,(H,19,24)(H,20,25)(H,26,27)(H,28,29)(H,30,31);2*1H4/i1D,2D,3D;;;. The second-order valence-corrected chi connectivity index (χ2v) is 15.4. The molecular weight excluding hydrogens is 903 g/mol. The van der Waals surface area contributed by atoms with Crippen LogP contribution in [0.25, 0.3) is 0 Å². The first-order valence-corrected chi connectivity index (χ1v) is 22.6. The molecule has 402 valence electrons. The molecule has 1 aliphatic rings. The summed E-state index contributed by atoms with van der Waals surface area (Å²) in [5.74, 6) is -4.65. The molecule has 25 heteroatoms. The molecule has 0 unspecified atom stereocenters. The molecule has 1 rings (SSSR count). The van der Waals surface area contributed by atoms with Crippen LogP contribution in [-0.2, 0) is 43.2 Å². The van der Waals surface area contributed by atoms with Crippen LogP contribution >= 0.6 is 0 Å². The minimum atomic E-state index is -1.12. The van der Waals surface area contributed by atoms with Gasteiger partial charge in [0.05, 0.1) is 58.9 Å². The summed E-state index contributed by atoms with van der Waals surface area (Å²) in [7, 11) is 0. The first-order valence-electron chi connectivity index (χ1n) is 24.7. The van der Waals surface area contributed by atoms with E-state index < -0.39 is 17.9 Å². The normalized spacial score (nSPS) is 14.6. The molecule has 0 spiro atoms. The summed E-state index contributed by atoms with van der Waals surface area (Å²) in [6.45, 7) is 11.7. The average Bonchev–Trinajstić information content (AvgIpc) is 3.28. The molecule has 0 atom stereocenters. The lowest BCUT2D eigenvalue weighted by molar-refractivity contribution is -0.141. The van der Waals surface area contributed by atoms with Gasteiger partial charge in [-0.15, -0.1) is 0 Å². The largest absolute Gasteiger partial charge is 0.480 e. The molecule has 0 aromatic heterocycles. The maximum absolute atomic E-state index is 12.4. The van der Waals surface area contributed by atoms with Crippen molar-refractivity contribution in [2.45, 2.75) is 56.3 Å². The summed E-state index contributed by atoms with van der Waals surface area (Å²) >= 11 is 0. The van der Waals surface area contributed by atoms with E-state index in [1.165, 1.54) is 14.7 Å². The summed E-state index contributed by atoms with van der Waals surface area (Å²) in [6.07, 6.45) is 0. The van der Waals surface area contributed by atoms with Gasteiger partial charge in [0.2, 0.25) is 35.4 Å². The molecule has 0 bridgehead atoms. The first kappa shape index (κ1) is 62.0. The van der Waals surface area contributed by atoms with Gasteiger partial charge in [-0.05, 0) is 41.5 Å². The molecule has 6 amide bonds. The fraction of sp³-hybridized carbons (Fsp3) is 0.795. The molecular formula is C44H89N13O12. The summed E-state index contributed by atoms with van der Waals surface area (Å²) in [4.78, 5) is 119. The Labute approximate surface area is 414 Å². The van der Waals surface area contributed by atoms with Crippen LogP contribution < -0.4 is 31.9 Å². The Morgan fingerprint density at radius 2 is 0.594 bits per heavy atom. The van der Waals surface area contributed by atoms with Crippen LogP contribution in [0.3, 0.4) is 0 Å². The Morgan fingerprint density at radius 3 is 0.826 bits per heavy atom. The zero-order chi connectivity index (χ0) is 52.7. The number of carbonyl (C=O) groups is 9. The number of hydrogen-bond acceptors (Lipinski definition) is 16. The number of nitrogens with zero attached hydrogens (tertiary/aromatic N) is 7. The van der Waals surface area contributed by atoms with Gasteiger partial charge in [-0.25, -0.2) is 0 Å². The number of nitrogens with one attached hydrogen (secondary N) is 6. The van der Waals surface area contributed by atoms with Crippen LogP contribution in [-0.4, -0.2) is 280 Å². The van der Waals surface area contributed by atoms with E-state index >= 15 is 0 Å². The number of amides is 6. The van der Waals surface area contributed by atoms with E-state index in [-0.39, 0.29) is 176 Å². The van der Waals surface area contributed by atoms with E-state index in [1.54, 1.807) is 13.8 Å². The van der Waals surface area contributed by atoms with Crippen LogP contribution in [0.2, 0.25) is 0 Å². The van der Waals surface area contributed by atoms with E-state index in [0.717, 1.165) is 0 Å². The van der Waals surface area contributed by atoms with Crippen molar-refractivity contribution in [3.05, 3.63) is 0 Å². The van der Waals surface area contributed by atoms with Gasteiger partial charge in [0, 0.05) is 122 Å². The molecule has 0 saturated carbocycles. The Kier molecular flexibility index (Phi) is 37.6. The van der Waals surface area contributed by atoms with Crippen LogP contribution in [0.15, 0.2) is 0 Å². The Morgan fingerprint density at radius 1 is 0.377 bits per heavy atom. The fourth-order valence-corrected chi connectivity index (χ4v) is 6.61. The van der Waals surface area contributed by atoms with Gasteiger partial charge in [0.25, 0.3) is 0 Å². The van der Waals surface area contributed by atoms with Gasteiger partial charge >= 0.3 is 17.9 Å². The highest BCUT2D eigenvalue weighted by molar-refractivity contribution is 5.80. The highest BCUT2D eigenvalue weighted by atomic mass is 16.4. The molecule has 69 heavy (non-hydrogen) atoms. The van der Waals surface area contributed by atoms with E-state index in [0.29, 0.717) is 72.0 Å². The minimum Gasteiger partial charge on any atom is -0.480 e. The minimum absolute atomic E-state index is 0. The number of likely N-dealkylation sites (N-methyl/N-ethyl adjacent to an activating group) is 6. The van der Waals surface area contributed by atoms with Crippen molar-refractivity contribution >= 4 is 53.4 Å². The summed E-state index contributed by atoms with van der Waals surface area (Å²) in [5.41, 5.74) is 0. The molecule has 25 nitrogen and oxygen atoms in total. The summed E-state index contributed by atoms with van der Waals surface area (Å²) in [5, 5.41) is 43.4. The van der Waals surface area contributed by atoms with Gasteiger partial charge in [0.15, 0.2) is 0 Å². The van der Waals surface area contributed by atoms with Crippen LogP contribution in [0.5, 0.6) is 0 Å². The predicted molar refractivity (Wildman–Crippen MR) is 264 cm³/mol. The van der Waals surface area contributed by atoms with E-state index in [9.17, 15) is 43.2 Å². The molecule has 1 heterocycles. The Hall–Kier alpha value is -5.05. The third-order valence-electron chi connectivity index (χ3n) is 9.76. The van der Waals surface area contributed by atoms with Crippen LogP contribution in [0.1, 0.15) is 60.4 Å². The molecule has 0 aromatic rings. The van der Waals surface area contributed by atoms with Crippen molar-refractivity contribution in [2.75, 3.05) is 177 Å². The number of carbonyl (C=O) groups excluding carboxylic acids is 6. The average molecular weight is 995 g/mol. The van der Waals surface area contributed by atoms with Gasteiger partial charge in [-0.3, -0.25) is 77.5 Å². The first-order chi connectivity index (χ1) is 33.4. The van der Waals surface area contributed by atoms with Gasteiger partial charge in [0.1, 0.15) is 0 Å². The van der Waals surface area contributed by atoms with E-state index in [4.69, 9.17) is 19.4 Å². The zero-order valence-electron chi connectivity index (χ0n) is 42.9. The molecule has 0 aliphatic carbocycles. The van der Waals surface area contributed by atoms with Crippen LogP contribution in [0.4, 0.5) is 0 Å². The SMILES string of the molecule is C.C.CCNC(=O)CN(CCN(CCN(CC(=O)O)CC(=O)NCC)CC(=O)O)CC(=O)O.[2H]CCNC(=O)CN1CCN(CC(=O)NCC)CCN(CC(=O)NCC[2H])CCN(CC(=O)NCC[2H])CC1. The van der Waals surface area contributed by atoms with Crippen LogP contribution in [0, 0.1) is 0 Å². The number of carboxylic acids is 3. The lowest BCUT2D eigenvalue weighted by Crippen LogP contribution is -2.51. The van der Waals surface area contributed by atoms with Crippen molar-refractivity contribution in [3.63, 3.8) is 0 Å². The molecule has 0 radical (unpaired) electrons. The Balaban J connectivity index is -0.00000132. The molecule has 1 aliphatic heterocycles. The Bertz CT molecular complexity index is 1500. The number of aliphatic carboxylic acids is 3. The van der Waals surface area contributed by atoms with Crippen molar-refractivity contribution in [2.24, 2.45) is 0 Å². The monoisotopic (exact) mass is 995 g/mol. The maximum Gasteiger partial charge on any atom is 0.317 e. The van der Waals surface area contributed by atoms with Crippen molar-refractivity contribution in [1.29, 1.82) is 0 Å². The molecule has 1 saturated heterocycles. The summed E-state index contributed by atoms with van der Waals surface area (Å²) < 4.78 is 21.8. The number of hydrogen-bond donors (Lipinski definition) is 9. The van der Waals surface area contributed by atoms with Crippen molar-refractivity contribution in [3.8, 4) is 0 Å². The fourth-order valence-electron chi connectivity index (χ4n) is 6.61. The van der Waals surface area contributed by atoms with Gasteiger partial charge in [-0.1, -0.05) is 14.9 Å². The molecule has 1 fully saturated rings.